The summed E-state index contributed by atoms with van der Waals surface area (Å²) in [6, 6.07) is 0. The fraction of sp³-hybridized carbons (Fsp3) is 0. The predicted molar refractivity (Wildman–Crippen MR) is 35.7 cm³/mol. The fourth-order valence-electron chi connectivity index (χ4n) is 0. The van der Waals surface area contributed by atoms with Crippen molar-refractivity contribution in [3.8, 4) is 0 Å². The molecule has 0 saturated heterocycles. The van der Waals surface area contributed by atoms with Gasteiger partial charge >= 0.3 is 60.9 Å². The van der Waals surface area contributed by atoms with Crippen molar-refractivity contribution in [1.82, 2.24) is 0 Å². The maximum Gasteiger partial charge on any atom is 0 e. The van der Waals surface area contributed by atoms with Crippen LogP contribution in [0.1, 0.15) is 0 Å². The molecule has 0 atom stereocenters. The molecule has 6 heteroatoms. The minimum absolute atomic E-state index is 0. The van der Waals surface area contributed by atoms with E-state index in [1.807, 2.05) is 0 Å². The molecule has 0 aromatic carbocycles. The SMILES string of the molecule is [Br][Ti]([Br])([Br])[Br].[Ti]. The van der Waals surface area contributed by atoms with Gasteiger partial charge in [0.2, 0.25) is 0 Å². The summed E-state index contributed by atoms with van der Waals surface area (Å²) in [5.74, 6) is 0. The molecule has 0 aliphatic carbocycles. The first kappa shape index (κ1) is 12.1. The van der Waals surface area contributed by atoms with Crippen molar-refractivity contribution in [2.45, 2.75) is 0 Å². The zero-order chi connectivity index (χ0) is 4.50. The monoisotopic (exact) mass is 412 g/mol. The summed E-state index contributed by atoms with van der Waals surface area (Å²) in [5, 5.41) is 0. The van der Waals surface area contributed by atoms with E-state index in [2.05, 4.69) is 52.6 Å². The second-order valence-electron chi connectivity index (χ2n) is 0.429. The zero-order valence-electron chi connectivity index (χ0n) is 2.51. The average Bonchev–Trinajstić information content (AvgIpc) is 0.722. The van der Waals surface area contributed by atoms with Crippen LogP contribution in [0.2, 0.25) is 0 Å². The summed E-state index contributed by atoms with van der Waals surface area (Å²) in [6.45, 7) is 0. The molecule has 0 amide bonds. The summed E-state index contributed by atoms with van der Waals surface area (Å²) in [6.07, 6.45) is 0. The number of hydrogen-bond acceptors (Lipinski definition) is 0. The molecule has 36 valence electrons. The van der Waals surface area contributed by atoms with E-state index in [1.165, 1.54) is 0 Å². The molecular weight excluding hydrogens is 415 g/mol. The van der Waals surface area contributed by atoms with Crippen LogP contribution in [0.25, 0.3) is 0 Å². The van der Waals surface area contributed by atoms with Crippen molar-refractivity contribution in [3.05, 3.63) is 0 Å². The minimum atomic E-state index is -1.75. The predicted octanol–water partition coefficient (Wildman–Crippen LogP) is 3.38. The fourth-order valence-corrected chi connectivity index (χ4v) is 0. The van der Waals surface area contributed by atoms with Gasteiger partial charge in [0.1, 0.15) is 0 Å². The molecule has 6 heavy (non-hydrogen) atoms. The van der Waals surface area contributed by atoms with Gasteiger partial charge in [-0.3, -0.25) is 0 Å². The Morgan fingerprint density at radius 2 is 0.833 bits per heavy atom. The smallest absolute Gasteiger partial charge is 0 e. The molecule has 0 aliphatic heterocycles. The molecular formula is Br4Ti2. The Hall–Kier alpha value is 3.35. The van der Waals surface area contributed by atoms with E-state index in [0.29, 0.717) is 0 Å². The van der Waals surface area contributed by atoms with Crippen LogP contribution in [0, 0.1) is 0 Å². The van der Waals surface area contributed by atoms with Gasteiger partial charge in [-0.1, -0.05) is 0 Å². The van der Waals surface area contributed by atoms with E-state index in [0.717, 1.165) is 0 Å². The molecule has 0 radical (unpaired) electrons. The normalized spacial score (nSPS) is 10.0. The van der Waals surface area contributed by atoms with E-state index in [-0.39, 0.29) is 21.7 Å². The molecule has 0 aromatic heterocycles. The Kier molecular flexibility index (Phi) is 10.4. The van der Waals surface area contributed by atoms with Gasteiger partial charge < -0.3 is 0 Å². The first-order valence-corrected chi connectivity index (χ1v) is 16.2. The van der Waals surface area contributed by atoms with Crippen LogP contribution >= 0.6 is 52.6 Å². The first-order chi connectivity index (χ1) is 2.00. The average molecular weight is 415 g/mol. The van der Waals surface area contributed by atoms with Crippen LogP contribution in [0.5, 0.6) is 0 Å². The third kappa shape index (κ3) is 26.4. The molecule has 0 saturated carbocycles. The molecule has 0 spiro atoms. The molecule has 0 N–H and O–H groups in total. The Bertz CT molecular complexity index is 21.0. The summed E-state index contributed by atoms with van der Waals surface area (Å²) >= 11 is 13.2. The van der Waals surface area contributed by atoms with Gasteiger partial charge in [-0.2, -0.15) is 0 Å². The van der Waals surface area contributed by atoms with Gasteiger partial charge in [0.15, 0.2) is 0 Å². The Labute approximate surface area is 80.6 Å². The summed E-state index contributed by atoms with van der Waals surface area (Å²) in [4.78, 5) is 0. The van der Waals surface area contributed by atoms with Gasteiger partial charge in [0.25, 0.3) is 0 Å². The van der Waals surface area contributed by atoms with E-state index in [4.69, 9.17) is 0 Å². The Balaban J connectivity index is 0. The van der Waals surface area contributed by atoms with E-state index < -0.39 is 8.21 Å². The molecule has 0 nitrogen and oxygen atoms in total. The molecule has 0 heterocycles. The van der Waals surface area contributed by atoms with Crippen molar-refractivity contribution in [2.24, 2.45) is 0 Å². The third-order valence-corrected chi connectivity index (χ3v) is 0. The number of rotatable bonds is 0. The number of hydrogen-bond donors (Lipinski definition) is 0. The van der Waals surface area contributed by atoms with Crippen molar-refractivity contribution in [3.63, 3.8) is 0 Å². The maximum absolute atomic E-state index is 3.31. The van der Waals surface area contributed by atoms with Crippen molar-refractivity contribution < 1.29 is 29.9 Å². The van der Waals surface area contributed by atoms with E-state index >= 15 is 0 Å². The van der Waals surface area contributed by atoms with E-state index in [9.17, 15) is 0 Å². The summed E-state index contributed by atoms with van der Waals surface area (Å²) in [5.41, 5.74) is 0. The van der Waals surface area contributed by atoms with Crippen LogP contribution in [-0.4, -0.2) is 0 Å². The first-order valence-electron chi connectivity index (χ1n) is 0.756. The summed E-state index contributed by atoms with van der Waals surface area (Å²) < 4.78 is 0. The van der Waals surface area contributed by atoms with Crippen molar-refractivity contribution >= 4 is 52.6 Å². The Morgan fingerprint density at radius 3 is 0.833 bits per heavy atom. The van der Waals surface area contributed by atoms with Crippen molar-refractivity contribution in [2.75, 3.05) is 0 Å². The Morgan fingerprint density at radius 1 is 0.833 bits per heavy atom. The standard InChI is InChI=1S/4BrH.2Ti/h4*1H;;/q;;;;;+4/p-4. The third-order valence-electron chi connectivity index (χ3n) is 0. The molecule has 0 rings (SSSR count). The number of halogens is 4. The van der Waals surface area contributed by atoms with E-state index in [1.54, 1.807) is 0 Å². The maximum atomic E-state index is 3.31. The van der Waals surface area contributed by atoms with Gasteiger partial charge in [-0.15, -0.1) is 0 Å². The van der Waals surface area contributed by atoms with Crippen LogP contribution in [0.15, 0.2) is 0 Å². The topological polar surface area (TPSA) is 0 Å². The summed E-state index contributed by atoms with van der Waals surface area (Å²) in [7, 11) is -1.75. The van der Waals surface area contributed by atoms with Gasteiger partial charge in [-0.25, -0.2) is 0 Å². The van der Waals surface area contributed by atoms with Crippen LogP contribution in [0.3, 0.4) is 0 Å². The quantitative estimate of drug-likeness (QED) is 0.533. The minimum Gasteiger partial charge on any atom is 0 e. The molecule has 0 unspecified atom stereocenters. The van der Waals surface area contributed by atoms with Gasteiger partial charge in [0, 0.05) is 21.7 Å². The largest absolute Gasteiger partial charge is 0 e. The van der Waals surface area contributed by atoms with Crippen LogP contribution in [-0.2, 0) is 29.9 Å². The van der Waals surface area contributed by atoms with Gasteiger partial charge in [0.05, 0.1) is 0 Å². The van der Waals surface area contributed by atoms with Crippen LogP contribution < -0.4 is 0 Å². The second-order valence-corrected chi connectivity index (χ2v) is 47.7. The zero-order valence-corrected chi connectivity index (χ0v) is 12.0. The van der Waals surface area contributed by atoms with Gasteiger partial charge in [-0.05, 0) is 0 Å². The molecule has 0 fully saturated rings. The molecule has 0 aromatic rings. The van der Waals surface area contributed by atoms with Crippen LogP contribution in [0.4, 0.5) is 0 Å². The van der Waals surface area contributed by atoms with Crippen molar-refractivity contribution in [1.29, 1.82) is 0 Å². The second kappa shape index (κ2) is 5.16. The molecule has 0 aliphatic rings. The molecule has 0 bridgehead atoms.